The van der Waals surface area contributed by atoms with E-state index in [1.165, 1.54) is 11.3 Å². The van der Waals surface area contributed by atoms with Crippen molar-refractivity contribution in [3.63, 3.8) is 0 Å². The van der Waals surface area contributed by atoms with Gasteiger partial charge in [-0.25, -0.2) is 4.98 Å². The molecule has 0 unspecified atom stereocenters. The van der Waals surface area contributed by atoms with Gasteiger partial charge in [-0.05, 0) is 19.1 Å². The van der Waals surface area contributed by atoms with E-state index in [1.54, 1.807) is 22.2 Å². The zero-order chi connectivity index (χ0) is 14.1. The highest BCUT2D eigenvalue weighted by Gasteiger charge is 2.07. The van der Waals surface area contributed by atoms with Gasteiger partial charge >= 0.3 is 0 Å². The molecule has 0 aliphatic heterocycles. The number of halogens is 1. The Morgan fingerprint density at radius 3 is 3.00 bits per heavy atom. The molecule has 0 radical (unpaired) electrons. The van der Waals surface area contributed by atoms with Gasteiger partial charge in [-0.15, -0.1) is 23.1 Å². The third-order valence-electron chi connectivity index (χ3n) is 2.84. The summed E-state index contributed by atoms with van der Waals surface area (Å²) < 4.78 is 1.63. The molecule has 0 spiro atoms. The Morgan fingerprint density at radius 2 is 2.20 bits per heavy atom. The molecule has 20 heavy (non-hydrogen) atoms. The van der Waals surface area contributed by atoms with Crippen molar-refractivity contribution in [2.75, 3.05) is 0 Å². The quantitative estimate of drug-likeness (QED) is 0.683. The van der Waals surface area contributed by atoms with Crippen molar-refractivity contribution in [1.29, 1.82) is 0 Å². The van der Waals surface area contributed by atoms with Crippen LogP contribution in [0.5, 0.6) is 0 Å². The summed E-state index contributed by atoms with van der Waals surface area (Å²) in [5.41, 5.74) is 1.68. The number of hydrogen-bond donors (Lipinski definition) is 0. The molecule has 0 saturated carbocycles. The molecule has 1 aromatic carbocycles. The van der Waals surface area contributed by atoms with Gasteiger partial charge in [-0.3, -0.25) is 9.20 Å². The Bertz CT molecular complexity index is 825. The SMILES string of the molecule is Cc1csc2nc(CSc3ccccc3Cl)cc(=O)n12. The molecule has 0 N–H and O–H groups in total. The number of fused-ring (bicyclic) bond motifs is 1. The van der Waals surface area contributed by atoms with Gasteiger partial charge in [0.2, 0.25) is 0 Å². The molecule has 3 aromatic rings. The number of aryl methyl sites for hydroxylation is 1. The molecule has 0 amide bonds. The molecule has 0 saturated heterocycles. The fourth-order valence-corrected chi connectivity index (χ4v) is 3.91. The Morgan fingerprint density at radius 1 is 1.40 bits per heavy atom. The molecule has 0 atom stereocenters. The Kier molecular flexibility index (Phi) is 3.83. The average molecular weight is 323 g/mol. The maximum Gasteiger partial charge on any atom is 0.258 e. The second-order valence-corrected chi connectivity index (χ2v) is 6.56. The number of benzene rings is 1. The summed E-state index contributed by atoms with van der Waals surface area (Å²) in [6, 6.07) is 9.27. The minimum atomic E-state index is -0.0245. The van der Waals surface area contributed by atoms with Gasteiger partial charge < -0.3 is 0 Å². The highest BCUT2D eigenvalue weighted by molar-refractivity contribution is 7.98. The maximum absolute atomic E-state index is 12.1. The Balaban J connectivity index is 1.89. The van der Waals surface area contributed by atoms with E-state index in [0.29, 0.717) is 5.75 Å². The van der Waals surface area contributed by atoms with Crippen molar-refractivity contribution in [3.05, 3.63) is 62.5 Å². The standard InChI is InChI=1S/C14H11ClN2OS2/c1-9-7-20-14-16-10(6-13(18)17(9)14)8-19-12-5-3-2-4-11(12)15/h2-7H,8H2,1H3. The molecule has 0 fully saturated rings. The van der Waals surface area contributed by atoms with E-state index in [2.05, 4.69) is 4.98 Å². The van der Waals surface area contributed by atoms with Crippen molar-refractivity contribution < 1.29 is 0 Å². The smallest absolute Gasteiger partial charge is 0.258 e. The zero-order valence-electron chi connectivity index (χ0n) is 10.7. The number of rotatable bonds is 3. The molecule has 102 valence electrons. The minimum absolute atomic E-state index is 0.0245. The molecule has 2 heterocycles. The van der Waals surface area contributed by atoms with E-state index in [0.717, 1.165) is 26.3 Å². The van der Waals surface area contributed by atoms with Gasteiger partial charge in [0.05, 0.1) is 10.7 Å². The first-order valence-corrected chi connectivity index (χ1v) is 8.23. The predicted octanol–water partition coefficient (Wildman–Crippen LogP) is 4.01. The van der Waals surface area contributed by atoms with Gasteiger partial charge in [0.15, 0.2) is 4.96 Å². The number of nitrogens with zero attached hydrogens (tertiary/aromatic N) is 2. The molecule has 6 heteroatoms. The topological polar surface area (TPSA) is 34.4 Å². The van der Waals surface area contributed by atoms with Crippen molar-refractivity contribution in [3.8, 4) is 0 Å². The van der Waals surface area contributed by atoms with E-state index in [1.807, 2.05) is 36.6 Å². The normalized spacial score (nSPS) is 11.1. The van der Waals surface area contributed by atoms with E-state index < -0.39 is 0 Å². The predicted molar refractivity (Wildman–Crippen MR) is 85.1 cm³/mol. The van der Waals surface area contributed by atoms with E-state index in [9.17, 15) is 4.79 Å². The maximum atomic E-state index is 12.1. The zero-order valence-corrected chi connectivity index (χ0v) is 13.1. The first kappa shape index (κ1) is 13.7. The van der Waals surface area contributed by atoms with E-state index >= 15 is 0 Å². The van der Waals surface area contributed by atoms with Gasteiger partial charge in [-0.2, -0.15) is 0 Å². The summed E-state index contributed by atoms with van der Waals surface area (Å²) >= 11 is 9.18. The van der Waals surface area contributed by atoms with Gasteiger partial charge in [-0.1, -0.05) is 23.7 Å². The molecule has 3 rings (SSSR count). The number of thiazole rings is 1. The van der Waals surface area contributed by atoms with Crippen LogP contribution in [0.25, 0.3) is 4.96 Å². The van der Waals surface area contributed by atoms with Crippen molar-refractivity contribution >= 4 is 39.7 Å². The lowest BCUT2D eigenvalue weighted by Crippen LogP contribution is -2.14. The van der Waals surface area contributed by atoms with Gasteiger partial charge in [0.1, 0.15) is 0 Å². The van der Waals surface area contributed by atoms with Crippen LogP contribution in [0.1, 0.15) is 11.4 Å². The van der Waals surface area contributed by atoms with Crippen LogP contribution in [0.3, 0.4) is 0 Å². The fraction of sp³-hybridized carbons (Fsp3) is 0.143. The molecule has 0 aliphatic carbocycles. The molecule has 0 bridgehead atoms. The molecular formula is C14H11ClN2OS2. The monoisotopic (exact) mass is 322 g/mol. The first-order chi connectivity index (χ1) is 9.65. The van der Waals surface area contributed by atoms with Crippen LogP contribution >= 0.6 is 34.7 Å². The van der Waals surface area contributed by atoms with Crippen molar-refractivity contribution in [1.82, 2.24) is 9.38 Å². The summed E-state index contributed by atoms with van der Waals surface area (Å²) in [5.74, 6) is 0.631. The Labute approximate surface area is 129 Å². The molecular weight excluding hydrogens is 312 g/mol. The van der Waals surface area contributed by atoms with Crippen LogP contribution in [0.4, 0.5) is 0 Å². The molecule has 0 aliphatic rings. The van der Waals surface area contributed by atoms with Crippen LogP contribution in [0.15, 0.2) is 45.4 Å². The number of thioether (sulfide) groups is 1. The first-order valence-electron chi connectivity index (χ1n) is 5.99. The second-order valence-electron chi connectivity index (χ2n) is 4.30. The van der Waals surface area contributed by atoms with Gasteiger partial charge in [0.25, 0.3) is 5.56 Å². The van der Waals surface area contributed by atoms with Crippen LogP contribution in [-0.2, 0) is 5.75 Å². The highest BCUT2D eigenvalue weighted by Crippen LogP contribution is 2.28. The van der Waals surface area contributed by atoms with Crippen LogP contribution in [-0.4, -0.2) is 9.38 Å². The lowest BCUT2D eigenvalue weighted by atomic mass is 10.4. The third kappa shape index (κ3) is 2.61. The lowest BCUT2D eigenvalue weighted by molar-refractivity contribution is 0.997. The third-order valence-corrected chi connectivity index (χ3v) is 5.33. The summed E-state index contributed by atoms with van der Waals surface area (Å²) in [7, 11) is 0. The Hall–Kier alpha value is -1.30. The number of hydrogen-bond acceptors (Lipinski definition) is 4. The van der Waals surface area contributed by atoms with Crippen LogP contribution < -0.4 is 5.56 Å². The average Bonchev–Trinajstić information content (AvgIpc) is 2.80. The molecule has 2 aromatic heterocycles. The lowest BCUT2D eigenvalue weighted by Gasteiger charge is -2.04. The number of aromatic nitrogens is 2. The summed E-state index contributed by atoms with van der Waals surface area (Å²) in [6.07, 6.45) is 0. The highest BCUT2D eigenvalue weighted by atomic mass is 35.5. The van der Waals surface area contributed by atoms with E-state index in [4.69, 9.17) is 11.6 Å². The van der Waals surface area contributed by atoms with Crippen LogP contribution in [0, 0.1) is 6.92 Å². The van der Waals surface area contributed by atoms with Crippen molar-refractivity contribution in [2.24, 2.45) is 0 Å². The van der Waals surface area contributed by atoms with Gasteiger partial charge in [0, 0.05) is 27.8 Å². The fourth-order valence-electron chi connectivity index (χ4n) is 1.89. The van der Waals surface area contributed by atoms with Crippen LogP contribution in [0.2, 0.25) is 5.02 Å². The van der Waals surface area contributed by atoms with Crippen molar-refractivity contribution in [2.45, 2.75) is 17.6 Å². The largest absolute Gasteiger partial charge is 0.269 e. The van der Waals surface area contributed by atoms with E-state index in [-0.39, 0.29) is 5.56 Å². The summed E-state index contributed by atoms with van der Waals surface area (Å²) in [4.78, 5) is 18.3. The minimum Gasteiger partial charge on any atom is -0.269 e. The summed E-state index contributed by atoms with van der Waals surface area (Å²) in [5, 5.41) is 2.66. The second kappa shape index (κ2) is 5.60. The summed E-state index contributed by atoms with van der Waals surface area (Å²) in [6.45, 7) is 1.91. The molecule has 3 nitrogen and oxygen atoms in total.